The van der Waals surface area contributed by atoms with Crippen LogP contribution in [-0.4, -0.2) is 23.4 Å². The van der Waals surface area contributed by atoms with Gasteiger partial charge in [0.2, 0.25) is 0 Å². The fraction of sp³-hybridized carbons (Fsp3) is 0.636. The summed E-state index contributed by atoms with van der Waals surface area (Å²) in [4.78, 5) is 0. The number of rotatable bonds is 2. The van der Waals surface area contributed by atoms with E-state index in [1.54, 1.807) is 0 Å². The first-order chi connectivity index (χ1) is 6.27. The van der Waals surface area contributed by atoms with Gasteiger partial charge in [0.1, 0.15) is 6.10 Å². The van der Waals surface area contributed by atoms with E-state index in [0.29, 0.717) is 6.42 Å². The first-order valence-electron chi connectivity index (χ1n) is 4.72. The lowest BCUT2D eigenvalue weighted by atomic mass is 10.1. The summed E-state index contributed by atoms with van der Waals surface area (Å²) in [5.41, 5.74) is 0. The van der Waals surface area contributed by atoms with Crippen LogP contribution in [0.4, 0.5) is 0 Å². The van der Waals surface area contributed by atoms with Crippen molar-refractivity contribution in [3.05, 3.63) is 12.2 Å². The Balaban J connectivity index is 2.56. The summed E-state index contributed by atoms with van der Waals surface area (Å²) in [6.45, 7) is 1.94. The lowest BCUT2D eigenvalue weighted by molar-refractivity contribution is -0.0535. The van der Waals surface area contributed by atoms with Gasteiger partial charge in [0.15, 0.2) is 0 Å². The molecule has 0 saturated heterocycles. The Morgan fingerprint density at radius 3 is 2.92 bits per heavy atom. The molecule has 0 aromatic rings. The van der Waals surface area contributed by atoms with Crippen molar-refractivity contribution >= 4 is 0 Å². The minimum Gasteiger partial charge on any atom is -0.390 e. The van der Waals surface area contributed by atoms with Crippen LogP contribution in [0.2, 0.25) is 0 Å². The van der Waals surface area contributed by atoms with E-state index >= 15 is 0 Å². The molecule has 1 aliphatic rings. The van der Waals surface area contributed by atoms with Crippen molar-refractivity contribution in [3.63, 3.8) is 0 Å². The molecule has 0 aromatic carbocycles. The van der Waals surface area contributed by atoms with Crippen LogP contribution in [0, 0.1) is 12.3 Å². The number of aliphatic hydroxyl groups excluding tert-OH is 1. The van der Waals surface area contributed by atoms with E-state index in [2.05, 4.69) is 5.92 Å². The normalized spacial score (nSPS) is 30.5. The van der Waals surface area contributed by atoms with E-state index < -0.39 is 6.10 Å². The predicted octanol–water partition coefficient (Wildman–Crippen LogP) is 1.49. The van der Waals surface area contributed by atoms with Crippen LogP contribution >= 0.6 is 0 Å². The Morgan fingerprint density at radius 2 is 2.31 bits per heavy atom. The quantitative estimate of drug-likeness (QED) is 0.515. The predicted molar refractivity (Wildman–Crippen MR) is 52.2 cm³/mol. The van der Waals surface area contributed by atoms with E-state index in [9.17, 15) is 5.11 Å². The Morgan fingerprint density at radius 1 is 1.62 bits per heavy atom. The lowest BCUT2D eigenvalue weighted by Crippen LogP contribution is -2.30. The SMILES string of the molecule is C#C[C@H]1CC=CC[C@H](C(O)CC)O1. The molecule has 1 rings (SSSR count). The molecule has 0 amide bonds. The van der Waals surface area contributed by atoms with Crippen LogP contribution in [0.3, 0.4) is 0 Å². The van der Waals surface area contributed by atoms with Gasteiger partial charge in [-0.25, -0.2) is 0 Å². The Labute approximate surface area is 79.6 Å². The third-order valence-corrected chi connectivity index (χ3v) is 2.26. The zero-order valence-corrected chi connectivity index (χ0v) is 7.94. The first kappa shape index (κ1) is 10.3. The van der Waals surface area contributed by atoms with E-state index in [1.807, 2.05) is 19.1 Å². The van der Waals surface area contributed by atoms with Crippen molar-refractivity contribution in [2.75, 3.05) is 0 Å². The monoisotopic (exact) mass is 180 g/mol. The molecule has 0 fully saturated rings. The fourth-order valence-corrected chi connectivity index (χ4v) is 1.39. The molecule has 1 aliphatic heterocycles. The van der Waals surface area contributed by atoms with Crippen LogP contribution < -0.4 is 0 Å². The lowest BCUT2D eigenvalue weighted by Gasteiger charge is -2.22. The maximum Gasteiger partial charge on any atom is 0.121 e. The van der Waals surface area contributed by atoms with Gasteiger partial charge < -0.3 is 9.84 Å². The molecule has 72 valence electrons. The number of aliphatic hydroxyl groups is 1. The van der Waals surface area contributed by atoms with Gasteiger partial charge in [0.25, 0.3) is 0 Å². The number of terminal acetylenes is 1. The third-order valence-electron chi connectivity index (χ3n) is 2.26. The number of hydrogen-bond donors (Lipinski definition) is 1. The molecule has 2 heteroatoms. The minimum atomic E-state index is -0.404. The maximum atomic E-state index is 9.59. The Kier molecular flexibility index (Phi) is 4.01. The van der Waals surface area contributed by atoms with Crippen molar-refractivity contribution in [2.24, 2.45) is 0 Å². The second-order valence-corrected chi connectivity index (χ2v) is 3.25. The van der Waals surface area contributed by atoms with Crippen molar-refractivity contribution in [3.8, 4) is 12.3 Å². The maximum absolute atomic E-state index is 9.59. The largest absolute Gasteiger partial charge is 0.390 e. The Bertz CT molecular complexity index is 215. The average molecular weight is 180 g/mol. The fourth-order valence-electron chi connectivity index (χ4n) is 1.39. The van der Waals surface area contributed by atoms with Gasteiger partial charge in [-0.15, -0.1) is 6.42 Å². The van der Waals surface area contributed by atoms with E-state index in [0.717, 1.165) is 12.8 Å². The smallest absolute Gasteiger partial charge is 0.121 e. The second-order valence-electron chi connectivity index (χ2n) is 3.25. The highest BCUT2D eigenvalue weighted by molar-refractivity contribution is 5.03. The van der Waals surface area contributed by atoms with Crippen molar-refractivity contribution in [2.45, 2.75) is 44.5 Å². The van der Waals surface area contributed by atoms with Crippen molar-refractivity contribution < 1.29 is 9.84 Å². The third kappa shape index (κ3) is 2.87. The zero-order chi connectivity index (χ0) is 9.68. The molecule has 2 nitrogen and oxygen atoms in total. The summed E-state index contributed by atoms with van der Waals surface area (Å²) >= 11 is 0. The first-order valence-corrected chi connectivity index (χ1v) is 4.72. The highest BCUT2D eigenvalue weighted by atomic mass is 16.5. The standard InChI is InChI=1S/C11H16O2/c1-3-9-7-5-6-8-11(13-9)10(12)4-2/h1,5-6,9-12H,4,7-8H2,2H3/t9-,10?,11+/m0/s1. The van der Waals surface area contributed by atoms with Crippen LogP contribution in [0.1, 0.15) is 26.2 Å². The molecule has 1 heterocycles. The summed E-state index contributed by atoms with van der Waals surface area (Å²) in [5, 5.41) is 9.59. The summed E-state index contributed by atoms with van der Waals surface area (Å²) in [5.74, 6) is 2.57. The molecule has 0 radical (unpaired) electrons. The van der Waals surface area contributed by atoms with E-state index in [4.69, 9.17) is 11.2 Å². The highest BCUT2D eigenvalue weighted by Crippen LogP contribution is 2.16. The van der Waals surface area contributed by atoms with Gasteiger partial charge in [-0.2, -0.15) is 0 Å². The van der Waals surface area contributed by atoms with Crippen LogP contribution in [0.25, 0.3) is 0 Å². The Hall–Kier alpha value is -0.780. The molecule has 3 atom stereocenters. The molecular weight excluding hydrogens is 164 g/mol. The second kappa shape index (κ2) is 5.06. The van der Waals surface area contributed by atoms with Crippen LogP contribution in [0.15, 0.2) is 12.2 Å². The summed E-state index contributed by atoms with van der Waals surface area (Å²) < 4.78 is 5.56. The molecule has 0 aromatic heterocycles. The zero-order valence-electron chi connectivity index (χ0n) is 7.94. The number of ether oxygens (including phenoxy) is 1. The van der Waals surface area contributed by atoms with E-state index in [1.165, 1.54) is 0 Å². The molecule has 0 bridgehead atoms. The highest BCUT2D eigenvalue weighted by Gasteiger charge is 2.21. The van der Waals surface area contributed by atoms with Gasteiger partial charge in [0, 0.05) is 6.42 Å². The minimum absolute atomic E-state index is 0.134. The van der Waals surface area contributed by atoms with Crippen molar-refractivity contribution in [1.29, 1.82) is 0 Å². The van der Waals surface area contributed by atoms with Gasteiger partial charge in [-0.3, -0.25) is 0 Å². The average Bonchev–Trinajstić information content (AvgIpc) is 2.41. The molecule has 1 unspecified atom stereocenters. The van der Waals surface area contributed by atoms with Gasteiger partial charge >= 0.3 is 0 Å². The molecule has 0 saturated carbocycles. The molecule has 0 aliphatic carbocycles. The number of hydrogen-bond acceptors (Lipinski definition) is 2. The topological polar surface area (TPSA) is 29.5 Å². The van der Waals surface area contributed by atoms with Gasteiger partial charge in [-0.05, 0) is 12.8 Å². The van der Waals surface area contributed by atoms with E-state index in [-0.39, 0.29) is 12.2 Å². The summed E-state index contributed by atoms with van der Waals surface area (Å²) in [6.07, 6.45) is 10.8. The van der Waals surface area contributed by atoms with Crippen molar-refractivity contribution in [1.82, 2.24) is 0 Å². The van der Waals surface area contributed by atoms with Gasteiger partial charge in [-0.1, -0.05) is 25.0 Å². The summed E-state index contributed by atoms with van der Waals surface area (Å²) in [7, 11) is 0. The van der Waals surface area contributed by atoms with Crippen LogP contribution in [0.5, 0.6) is 0 Å². The summed E-state index contributed by atoms with van der Waals surface area (Å²) in [6, 6.07) is 0. The van der Waals surface area contributed by atoms with Crippen LogP contribution in [-0.2, 0) is 4.74 Å². The molecule has 13 heavy (non-hydrogen) atoms. The molecule has 1 N–H and O–H groups in total. The van der Waals surface area contributed by atoms with Gasteiger partial charge in [0.05, 0.1) is 12.2 Å². The molecular formula is C11H16O2. The molecule has 0 spiro atoms.